The molecule has 8 nitrogen and oxygen atoms in total. The van der Waals surface area contributed by atoms with Crippen molar-refractivity contribution in [1.82, 2.24) is 10.2 Å². The van der Waals surface area contributed by atoms with Crippen molar-refractivity contribution in [3.63, 3.8) is 0 Å². The van der Waals surface area contributed by atoms with Crippen LogP contribution in [0.2, 0.25) is 10.0 Å². The second-order valence-corrected chi connectivity index (χ2v) is 13.6. The third kappa shape index (κ3) is 8.18. The zero-order valence-electron chi connectivity index (χ0n) is 24.6. The Kier molecular flexibility index (Phi) is 10.9. The lowest BCUT2D eigenvalue weighted by Gasteiger charge is -2.35. The van der Waals surface area contributed by atoms with Gasteiger partial charge in [-0.05, 0) is 76.1 Å². The van der Waals surface area contributed by atoms with E-state index in [0.717, 1.165) is 9.87 Å². The summed E-state index contributed by atoms with van der Waals surface area (Å²) in [6, 6.07) is 17.1. The van der Waals surface area contributed by atoms with Crippen LogP contribution in [0, 0.1) is 6.92 Å². The maximum atomic E-state index is 14.2. The zero-order valence-corrected chi connectivity index (χ0v) is 27.0. The number of hydrogen-bond acceptors (Lipinski definition) is 5. The molecule has 0 aliphatic heterocycles. The summed E-state index contributed by atoms with van der Waals surface area (Å²) in [5, 5.41) is 3.07. The first-order valence-corrected chi connectivity index (χ1v) is 15.7. The van der Waals surface area contributed by atoms with Crippen molar-refractivity contribution in [2.24, 2.45) is 0 Å². The monoisotopic (exact) mass is 633 g/mol. The van der Waals surface area contributed by atoms with Crippen LogP contribution in [0.25, 0.3) is 0 Å². The number of carbonyl (C=O) groups excluding carboxylic acids is 2. The molecule has 0 bridgehead atoms. The van der Waals surface area contributed by atoms with E-state index in [-0.39, 0.29) is 33.1 Å². The van der Waals surface area contributed by atoms with E-state index in [1.807, 2.05) is 33.8 Å². The van der Waals surface area contributed by atoms with E-state index < -0.39 is 34.1 Å². The van der Waals surface area contributed by atoms with Gasteiger partial charge in [-0.25, -0.2) is 8.42 Å². The minimum absolute atomic E-state index is 0.0143. The van der Waals surface area contributed by atoms with Gasteiger partial charge in [0.2, 0.25) is 11.8 Å². The molecule has 1 atom stereocenters. The molecule has 0 radical (unpaired) electrons. The summed E-state index contributed by atoms with van der Waals surface area (Å²) < 4.78 is 34.3. The first kappa shape index (κ1) is 33.2. The zero-order chi connectivity index (χ0) is 31.2. The summed E-state index contributed by atoms with van der Waals surface area (Å²) in [4.78, 5) is 29.0. The first-order chi connectivity index (χ1) is 19.7. The van der Waals surface area contributed by atoms with E-state index in [1.165, 1.54) is 36.3 Å². The Labute approximate surface area is 258 Å². The molecule has 11 heteroatoms. The number of methoxy groups -OCH3 is 1. The Balaban J connectivity index is 2.12. The van der Waals surface area contributed by atoms with Gasteiger partial charge in [0.1, 0.15) is 18.3 Å². The van der Waals surface area contributed by atoms with Crippen LogP contribution in [0.5, 0.6) is 5.75 Å². The molecule has 1 N–H and O–H groups in total. The second-order valence-electron chi connectivity index (χ2n) is 10.9. The van der Waals surface area contributed by atoms with Crippen LogP contribution in [0.15, 0.2) is 71.6 Å². The molecule has 3 aromatic rings. The van der Waals surface area contributed by atoms with Crippen LogP contribution in [0.4, 0.5) is 5.69 Å². The van der Waals surface area contributed by atoms with Gasteiger partial charge in [-0.15, -0.1) is 0 Å². The number of halogens is 2. The highest BCUT2D eigenvalue weighted by Gasteiger charge is 2.35. The van der Waals surface area contributed by atoms with Crippen LogP contribution in [-0.2, 0) is 26.2 Å². The van der Waals surface area contributed by atoms with Crippen molar-refractivity contribution in [2.45, 2.75) is 64.1 Å². The fourth-order valence-corrected chi connectivity index (χ4v) is 6.25. The van der Waals surface area contributed by atoms with Crippen LogP contribution in [0.3, 0.4) is 0 Å². The van der Waals surface area contributed by atoms with Crippen LogP contribution in [0.1, 0.15) is 45.2 Å². The van der Waals surface area contributed by atoms with Gasteiger partial charge in [-0.2, -0.15) is 0 Å². The molecule has 0 spiro atoms. The van der Waals surface area contributed by atoms with Crippen molar-refractivity contribution >= 4 is 50.7 Å². The maximum Gasteiger partial charge on any atom is 0.264 e. The third-order valence-electron chi connectivity index (χ3n) is 6.46. The lowest BCUT2D eigenvalue weighted by Crippen LogP contribution is -2.55. The summed E-state index contributed by atoms with van der Waals surface area (Å²) >= 11 is 12.8. The predicted octanol–water partition coefficient (Wildman–Crippen LogP) is 6.23. The molecule has 0 heterocycles. The molecular weight excluding hydrogens is 597 g/mol. The van der Waals surface area contributed by atoms with Gasteiger partial charge in [-0.3, -0.25) is 13.9 Å². The average Bonchev–Trinajstić information content (AvgIpc) is 2.92. The quantitative estimate of drug-likeness (QED) is 0.270. The second kappa shape index (κ2) is 13.8. The van der Waals surface area contributed by atoms with Crippen molar-refractivity contribution in [2.75, 3.05) is 18.0 Å². The molecule has 3 aromatic carbocycles. The summed E-state index contributed by atoms with van der Waals surface area (Å²) in [7, 11) is -2.74. The van der Waals surface area contributed by atoms with Gasteiger partial charge in [0.25, 0.3) is 10.0 Å². The number of aryl methyl sites for hydroxylation is 1. The van der Waals surface area contributed by atoms with E-state index in [4.69, 9.17) is 27.9 Å². The molecule has 3 rings (SSSR count). The Bertz CT molecular complexity index is 1520. The molecule has 0 aliphatic carbocycles. The highest BCUT2D eigenvalue weighted by atomic mass is 35.5. The number of amides is 2. The molecule has 0 fully saturated rings. The van der Waals surface area contributed by atoms with Gasteiger partial charge in [0.05, 0.1) is 27.7 Å². The summed E-state index contributed by atoms with van der Waals surface area (Å²) in [6.45, 7) is 8.60. The topological polar surface area (TPSA) is 96.0 Å². The van der Waals surface area contributed by atoms with Gasteiger partial charge < -0.3 is 15.0 Å². The molecule has 0 aliphatic rings. The summed E-state index contributed by atoms with van der Waals surface area (Å²) in [5.74, 6) is -0.364. The standard InChI is InChI=1S/C31H37Cl2N3O5S/c1-7-26(30(38)34-31(3,4)5)35(19-22-10-8-11-23(18-22)41-6)28(37)20-36(27-13-9-12-25(32)29(27)33)42(39,40)24-16-14-21(2)15-17-24/h8-18,26H,7,19-20H2,1-6H3,(H,34,38)/t26-/m1/s1. The Hall–Kier alpha value is -3.27. The van der Waals surface area contributed by atoms with Crippen LogP contribution in [-0.4, -0.2) is 50.4 Å². The number of rotatable bonds is 11. The molecule has 2 amide bonds. The minimum atomic E-state index is -4.28. The predicted molar refractivity (Wildman–Crippen MR) is 168 cm³/mol. The Morgan fingerprint density at radius 3 is 2.24 bits per heavy atom. The van der Waals surface area contributed by atoms with Crippen molar-refractivity contribution in [3.05, 3.63) is 87.9 Å². The maximum absolute atomic E-state index is 14.2. The van der Waals surface area contributed by atoms with Crippen LogP contribution < -0.4 is 14.4 Å². The first-order valence-electron chi connectivity index (χ1n) is 13.5. The number of nitrogens with zero attached hydrogens (tertiary/aromatic N) is 2. The van der Waals surface area contributed by atoms with Crippen molar-refractivity contribution in [3.8, 4) is 5.75 Å². The van der Waals surface area contributed by atoms with E-state index in [0.29, 0.717) is 17.7 Å². The normalized spacial score (nSPS) is 12.4. The SMILES string of the molecule is CC[C@H](C(=O)NC(C)(C)C)N(Cc1cccc(OC)c1)C(=O)CN(c1cccc(Cl)c1Cl)S(=O)(=O)c1ccc(C)cc1. The van der Waals surface area contributed by atoms with E-state index in [2.05, 4.69) is 5.32 Å². The lowest BCUT2D eigenvalue weighted by atomic mass is 10.1. The smallest absolute Gasteiger partial charge is 0.264 e. The Morgan fingerprint density at radius 2 is 1.64 bits per heavy atom. The average molecular weight is 635 g/mol. The highest BCUT2D eigenvalue weighted by Crippen LogP contribution is 2.35. The minimum Gasteiger partial charge on any atom is -0.497 e. The number of hydrogen-bond donors (Lipinski definition) is 1. The third-order valence-corrected chi connectivity index (χ3v) is 9.04. The molecule has 0 unspecified atom stereocenters. The Morgan fingerprint density at radius 1 is 1.00 bits per heavy atom. The fraction of sp³-hybridized carbons (Fsp3) is 0.355. The number of benzene rings is 3. The molecular formula is C31H37Cl2N3O5S. The van der Waals surface area contributed by atoms with E-state index in [1.54, 1.807) is 43.3 Å². The summed E-state index contributed by atoms with van der Waals surface area (Å²) in [5.41, 5.74) is 1.08. The lowest BCUT2D eigenvalue weighted by molar-refractivity contribution is -0.141. The van der Waals surface area contributed by atoms with E-state index in [9.17, 15) is 18.0 Å². The van der Waals surface area contributed by atoms with Crippen molar-refractivity contribution < 1.29 is 22.7 Å². The highest BCUT2D eigenvalue weighted by molar-refractivity contribution is 7.92. The molecule has 0 saturated carbocycles. The van der Waals surface area contributed by atoms with Gasteiger partial charge in [0, 0.05) is 12.1 Å². The molecule has 0 aromatic heterocycles. The van der Waals surface area contributed by atoms with Crippen LogP contribution >= 0.6 is 23.2 Å². The van der Waals surface area contributed by atoms with Gasteiger partial charge in [-0.1, -0.05) is 66.0 Å². The fourth-order valence-electron chi connectivity index (χ4n) is 4.38. The molecule has 0 saturated heterocycles. The molecule has 42 heavy (non-hydrogen) atoms. The number of ether oxygens (including phenoxy) is 1. The van der Waals surface area contributed by atoms with E-state index >= 15 is 0 Å². The number of nitrogens with one attached hydrogen (secondary N) is 1. The van der Waals surface area contributed by atoms with Crippen molar-refractivity contribution in [1.29, 1.82) is 0 Å². The van der Waals surface area contributed by atoms with Gasteiger partial charge in [0.15, 0.2) is 0 Å². The number of carbonyl (C=O) groups is 2. The number of sulfonamides is 1. The largest absolute Gasteiger partial charge is 0.497 e. The number of anilines is 1. The summed E-state index contributed by atoms with van der Waals surface area (Å²) in [6.07, 6.45) is 0.292. The molecule has 226 valence electrons. The van der Waals surface area contributed by atoms with Gasteiger partial charge >= 0.3 is 0 Å².